The van der Waals surface area contributed by atoms with Crippen molar-refractivity contribution in [1.82, 2.24) is 5.32 Å². The molecule has 0 bridgehead atoms. The van der Waals surface area contributed by atoms with Gasteiger partial charge in [-0.2, -0.15) is 0 Å². The normalized spacial score (nSPS) is 16.6. The Labute approximate surface area is 151 Å². The molecule has 8 heteroatoms. The maximum absolute atomic E-state index is 12.0. The van der Waals surface area contributed by atoms with E-state index >= 15 is 0 Å². The van der Waals surface area contributed by atoms with Crippen molar-refractivity contribution < 1.29 is 18.7 Å². The van der Waals surface area contributed by atoms with E-state index in [4.69, 9.17) is 9.15 Å². The molecule has 3 rings (SSSR count). The molecule has 0 saturated carbocycles. The highest BCUT2D eigenvalue weighted by Crippen LogP contribution is 2.15. The van der Waals surface area contributed by atoms with Gasteiger partial charge in [0, 0.05) is 24.5 Å². The predicted octanol–water partition coefficient (Wildman–Crippen LogP) is 2.27. The number of anilines is 2. The van der Waals surface area contributed by atoms with Crippen molar-refractivity contribution in [2.45, 2.75) is 12.5 Å². The molecule has 0 radical (unpaired) electrons. The van der Waals surface area contributed by atoms with Crippen LogP contribution in [0.25, 0.3) is 0 Å². The number of carbonyl (C=O) groups is 2. The lowest BCUT2D eigenvalue weighted by atomic mass is 10.2. The second-order valence-corrected chi connectivity index (χ2v) is 5.46. The van der Waals surface area contributed by atoms with Crippen molar-refractivity contribution in [3.05, 3.63) is 48.4 Å². The summed E-state index contributed by atoms with van der Waals surface area (Å²) in [5.41, 5.74) is 1.29. The minimum Gasteiger partial charge on any atom is -0.459 e. The zero-order valence-corrected chi connectivity index (χ0v) is 14.3. The fourth-order valence-electron chi connectivity index (χ4n) is 2.41. The van der Waals surface area contributed by atoms with Gasteiger partial charge in [-0.3, -0.25) is 9.59 Å². The van der Waals surface area contributed by atoms with Gasteiger partial charge in [-0.25, -0.2) is 0 Å². The standard InChI is InChI=1S/C17H19N3O4.ClH/c21-16(10-14-11-18-7-9-23-14)19-12-3-5-13(6-4-12)20-17(22)15-2-1-8-24-15;/h1-6,8,14,18H,7,9-11H2,(H,19,21)(H,20,22);1H. The molecule has 1 aliphatic heterocycles. The molecule has 3 N–H and O–H groups in total. The Kier molecular flexibility index (Phi) is 7.00. The molecule has 134 valence electrons. The summed E-state index contributed by atoms with van der Waals surface area (Å²) in [5.74, 6) is -0.178. The lowest BCUT2D eigenvalue weighted by Crippen LogP contribution is -2.40. The molecule has 1 aromatic heterocycles. The lowest BCUT2D eigenvalue weighted by molar-refractivity contribution is -0.119. The summed E-state index contributed by atoms with van der Waals surface area (Å²) in [6, 6.07) is 10.1. The number of ether oxygens (including phenoxy) is 1. The van der Waals surface area contributed by atoms with E-state index < -0.39 is 0 Å². The van der Waals surface area contributed by atoms with Gasteiger partial charge in [-0.15, -0.1) is 12.4 Å². The van der Waals surface area contributed by atoms with Gasteiger partial charge in [0.1, 0.15) is 0 Å². The fraction of sp³-hybridized carbons (Fsp3) is 0.294. The van der Waals surface area contributed by atoms with E-state index in [9.17, 15) is 9.59 Å². The number of furan rings is 1. The zero-order valence-electron chi connectivity index (χ0n) is 13.5. The van der Waals surface area contributed by atoms with Crippen molar-refractivity contribution in [2.75, 3.05) is 30.3 Å². The number of carbonyl (C=O) groups excluding carboxylic acids is 2. The van der Waals surface area contributed by atoms with Crippen LogP contribution in [0.4, 0.5) is 11.4 Å². The highest BCUT2D eigenvalue weighted by atomic mass is 35.5. The number of amides is 2. The van der Waals surface area contributed by atoms with Gasteiger partial charge in [0.15, 0.2) is 5.76 Å². The smallest absolute Gasteiger partial charge is 0.291 e. The summed E-state index contributed by atoms with van der Waals surface area (Å²) in [6.07, 6.45) is 1.66. The molecule has 0 aliphatic carbocycles. The van der Waals surface area contributed by atoms with E-state index in [1.165, 1.54) is 6.26 Å². The maximum atomic E-state index is 12.0. The fourth-order valence-corrected chi connectivity index (χ4v) is 2.41. The highest BCUT2D eigenvalue weighted by Gasteiger charge is 2.17. The molecular weight excluding hydrogens is 346 g/mol. The third-order valence-corrected chi connectivity index (χ3v) is 3.59. The molecule has 0 spiro atoms. The summed E-state index contributed by atoms with van der Waals surface area (Å²) < 4.78 is 10.5. The van der Waals surface area contributed by atoms with Crippen molar-refractivity contribution in [2.24, 2.45) is 0 Å². The van der Waals surface area contributed by atoms with Gasteiger partial charge in [0.2, 0.25) is 5.91 Å². The Morgan fingerprint density at radius 2 is 1.84 bits per heavy atom. The number of benzene rings is 1. The summed E-state index contributed by atoms with van der Waals surface area (Å²) in [5, 5.41) is 8.72. The van der Waals surface area contributed by atoms with Gasteiger partial charge >= 0.3 is 0 Å². The zero-order chi connectivity index (χ0) is 16.8. The Balaban J connectivity index is 0.00000225. The van der Waals surface area contributed by atoms with E-state index in [0.29, 0.717) is 30.9 Å². The third-order valence-electron chi connectivity index (χ3n) is 3.59. The van der Waals surface area contributed by atoms with E-state index in [-0.39, 0.29) is 36.1 Å². The average molecular weight is 366 g/mol. The molecule has 2 heterocycles. The van der Waals surface area contributed by atoms with Crippen LogP contribution < -0.4 is 16.0 Å². The monoisotopic (exact) mass is 365 g/mol. The number of nitrogens with one attached hydrogen (secondary N) is 3. The number of hydrogen-bond donors (Lipinski definition) is 3. The molecule has 1 atom stereocenters. The van der Waals surface area contributed by atoms with Crippen LogP contribution in [0.15, 0.2) is 47.1 Å². The summed E-state index contributed by atoms with van der Waals surface area (Å²) >= 11 is 0. The third kappa shape index (κ3) is 5.60. The first-order valence-corrected chi connectivity index (χ1v) is 7.78. The molecular formula is C17H20ClN3O4. The van der Waals surface area contributed by atoms with Crippen LogP contribution in [0.3, 0.4) is 0 Å². The predicted molar refractivity (Wildman–Crippen MR) is 96.2 cm³/mol. The first-order valence-electron chi connectivity index (χ1n) is 7.78. The van der Waals surface area contributed by atoms with Crippen LogP contribution in [-0.4, -0.2) is 37.6 Å². The van der Waals surface area contributed by atoms with Crippen LogP contribution in [-0.2, 0) is 9.53 Å². The quantitative estimate of drug-likeness (QED) is 0.756. The van der Waals surface area contributed by atoms with E-state index in [1.807, 2.05) is 0 Å². The van der Waals surface area contributed by atoms with Crippen LogP contribution in [0.1, 0.15) is 17.0 Å². The van der Waals surface area contributed by atoms with Crippen LogP contribution in [0.5, 0.6) is 0 Å². The van der Waals surface area contributed by atoms with E-state index in [0.717, 1.165) is 6.54 Å². The molecule has 1 unspecified atom stereocenters. The van der Waals surface area contributed by atoms with Crippen molar-refractivity contribution in [3.8, 4) is 0 Å². The Morgan fingerprint density at radius 1 is 1.12 bits per heavy atom. The molecule has 1 fully saturated rings. The summed E-state index contributed by atoms with van der Waals surface area (Å²) in [7, 11) is 0. The highest BCUT2D eigenvalue weighted by molar-refractivity contribution is 6.02. The molecule has 1 aliphatic rings. The van der Waals surface area contributed by atoms with Crippen LogP contribution in [0, 0.1) is 0 Å². The molecule has 2 aromatic rings. The van der Waals surface area contributed by atoms with Crippen LogP contribution in [0.2, 0.25) is 0 Å². The topological polar surface area (TPSA) is 92.6 Å². The Bertz CT molecular complexity index is 682. The number of rotatable bonds is 5. The van der Waals surface area contributed by atoms with Gasteiger partial charge in [-0.05, 0) is 36.4 Å². The lowest BCUT2D eigenvalue weighted by Gasteiger charge is -2.23. The minimum atomic E-state index is -0.321. The molecule has 25 heavy (non-hydrogen) atoms. The summed E-state index contributed by atoms with van der Waals surface area (Å²) in [6.45, 7) is 2.14. The average Bonchev–Trinajstić information content (AvgIpc) is 3.12. The number of hydrogen-bond acceptors (Lipinski definition) is 5. The number of halogens is 1. The maximum Gasteiger partial charge on any atom is 0.291 e. The van der Waals surface area contributed by atoms with Crippen molar-refractivity contribution in [1.29, 1.82) is 0 Å². The minimum absolute atomic E-state index is 0. The molecule has 2 amide bonds. The van der Waals surface area contributed by atoms with Gasteiger partial charge in [-0.1, -0.05) is 0 Å². The largest absolute Gasteiger partial charge is 0.459 e. The van der Waals surface area contributed by atoms with Gasteiger partial charge in [0.05, 0.1) is 25.4 Å². The molecule has 7 nitrogen and oxygen atoms in total. The van der Waals surface area contributed by atoms with Crippen molar-refractivity contribution >= 4 is 35.6 Å². The van der Waals surface area contributed by atoms with Gasteiger partial charge < -0.3 is 25.1 Å². The SMILES string of the molecule is Cl.O=C(CC1CNCCO1)Nc1ccc(NC(=O)c2ccco2)cc1. The second-order valence-electron chi connectivity index (χ2n) is 5.46. The first-order chi connectivity index (χ1) is 11.7. The Hall–Kier alpha value is -2.35. The van der Waals surface area contributed by atoms with E-state index in [2.05, 4.69) is 16.0 Å². The summed E-state index contributed by atoms with van der Waals surface area (Å²) in [4.78, 5) is 23.9. The first kappa shape index (κ1) is 19.0. The molecule has 1 aromatic carbocycles. The van der Waals surface area contributed by atoms with Crippen molar-refractivity contribution in [3.63, 3.8) is 0 Å². The van der Waals surface area contributed by atoms with Gasteiger partial charge in [0.25, 0.3) is 5.91 Å². The van der Waals surface area contributed by atoms with Crippen LogP contribution >= 0.6 is 12.4 Å². The molecule has 1 saturated heterocycles. The Morgan fingerprint density at radius 3 is 2.44 bits per heavy atom. The number of morpholine rings is 1. The second kappa shape index (κ2) is 9.22. The van der Waals surface area contributed by atoms with E-state index in [1.54, 1.807) is 36.4 Å².